The van der Waals surface area contributed by atoms with Gasteiger partial charge in [0, 0.05) is 37.6 Å². The van der Waals surface area contributed by atoms with E-state index in [4.69, 9.17) is 11.6 Å². The van der Waals surface area contributed by atoms with Gasteiger partial charge < -0.3 is 10.2 Å². The first kappa shape index (κ1) is 24.2. The number of piperidine rings is 1. The Labute approximate surface area is 201 Å². The molecule has 2 fully saturated rings. The van der Waals surface area contributed by atoms with Crippen molar-refractivity contribution in [3.8, 4) is 0 Å². The summed E-state index contributed by atoms with van der Waals surface area (Å²) in [5, 5.41) is 5.06. The van der Waals surface area contributed by atoms with Crippen molar-refractivity contribution < 1.29 is 13.2 Å². The summed E-state index contributed by atoms with van der Waals surface area (Å²) in [6.07, 6.45) is 5.22. The summed E-state index contributed by atoms with van der Waals surface area (Å²) in [6, 6.07) is 11.1. The van der Waals surface area contributed by atoms with Gasteiger partial charge >= 0.3 is 0 Å². The number of sulfonamides is 1. The van der Waals surface area contributed by atoms with E-state index in [-0.39, 0.29) is 5.91 Å². The van der Waals surface area contributed by atoms with Gasteiger partial charge in [0.2, 0.25) is 15.9 Å². The lowest BCUT2D eigenvalue weighted by atomic mass is 9.93. The number of rotatable bonds is 7. The lowest BCUT2D eigenvalue weighted by molar-refractivity contribution is -0.132. The van der Waals surface area contributed by atoms with Crippen molar-refractivity contribution in [2.24, 2.45) is 5.92 Å². The van der Waals surface area contributed by atoms with Crippen LogP contribution in [0, 0.1) is 5.92 Å². The average molecular weight is 490 g/mol. The Balaban J connectivity index is 1.38. The highest BCUT2D eigenvalue weighted by atomic mass is 35.5. The zero-order chi connectivity index (χ0) is 23.4. The third kappa shape index (κ3) is 5.60. The minimum Gasteiger partial charge on any atom is -0.340 e. The Bertz CT molecular complexity index is 1110. The van der Waals surface area contributed by atoms with Crippen molar-refractivity contribution in [1.82, 2.24) is 14.5 Å². The lowest BCUT2D eigenvalue weighted by Gasteiger charge is -2.36. The number of carbonyl (C=O) groups excluding carboxylic acids is 1. The molecule has 0 aliphatic carbocycles. The quantitative estimate of drug-likeness (QED) is 0.597. The van der Waals surface area contributed by atoms with E-state index in [0.29, 0.717) is 49.1 Å². The Morgan fingerprint density at radius 2 is 1.76 bits per heavy atom. The second kappa shape index (κ2) is 10.6. The van der Waals surface area contributed by atoms with E-state index in [1.54, 1.807) is 6.07 Å². The number of hydrogen-bond acceptors (Lipinski definition) is 4. The van der Waals surface area contributed by atoms with Gasteiger partial charge in [0.1, 0.15) is 5.25 Å². The number of nitrogens with one attached hydrogen (secondary N) is 1. The normalized spacial score (nSPS) is 19.5. The third-order valence-corrected chi connectivity index (χ3v) is 9.29. The summed E-state index contributed by atoms with van der Waals surface area (Å²) in [5.74, 6) is 0.752. The molecule has 1 N–H and O–H groups in total. The standard InChI is InChI=1S/C25H32ClN3O3S/c1-2-24(22-5-4-21-18-23(26)7-6-20(21)17-22)33(31,32)29-15-13-28(14-16-29)25(30)8-3-19-9-11-27-12-10-19/h2,4-7,17-19,24,27H,1,3,8-16H2. The lowest BCUT2D eigenvalue weighted by Crippen LogP contribution is -2.51. The van der Waals surface area contributed by atoms with Crippen molar-refractivity contribution in [3.63, 3.8) is 0 Å². The summed E-state index contributed by atoms with van der Waals surface area (Å²) in [6.45, 7) is 7.37. The van der Waals surface area contributed by atoms with Crippen LogP contribution in [0.1, 0.15) is 36.5 Å². The summed E-state index contributed by atoms with van der Waals surface area (Å²) < 4.78 is 28.4. The first-order valence-corrected chi connectivity index (χ1v) is 13.6. The number of fused-ring (bicyclic) bond motifs is 1. The molecule has 2 aromatic carbocycles. The Hall–Kier alpha value is -1.93. The van der Waals surface area contributed by atoms with Gasteiger partial charge in [0.05, 0.1) is 0 Å². The molecule has 1 unspecified atom stereocenters. The minimum absolute atomic E-state index is 0.138. The first-order valence-electron chi connectivity index (χ1n) is 11.7. The van der Waals surface area contributed by atoms with E-state index in [2.05, 4.69) is 11.9 Å². The van der Waals surface area contributed by atoms with Crippen LogP contribution in [0.2, 0.25) is 5.02 Å². The first-order chi connectivity index (χ1) is 15.9. The molecule has 0 aromatic heterocycles. The largest absolute Gasteiger partial charge is 0.340 e. The summed E-state index contributed by atoms with van der Waals surface area (Å²) in [5.41, 5.74) is 0.681. The van der Waals surface area contributed by atoms with Crippen molar-refractivity contribution in [3.05, 3.63) is 59.6 Å². The summed E-state index contributed by atoms with van der Waals surface area (Å²) in [4.78, 5) is 14.5. The van der Waals surface area contributed by atoms with Crippen LogP contribution in [0.4, 0.5) is 0 Å². The SMILES string of the molecule is C=CC(c1ccc2cc(Cl)ccc2c1)S(=O)(=O)N1CCN(C(=O)CCC2CCNCC2)CC1. The van der Waals surface area contributed by atoms with E-state index < -0.39 is 15.3 Å². The van der Waals surface area contributed by atoms with Gasteiger partial charge in [-0.15, -0.1) is 6.58 Å². The molecular weight excluding hydrogens is 458 g/mol. The van der Waals surface area contributed by atoms with Crippen LogP contribution in [0.25, 0.3) is 10.8 Å². The van der Waals surface area contributed by atoms with Crippen LogP contribution in [0.5, 0.6) is 0 Å². The molecule has 2 heterocycles. The molecule has 2 aliphatic heterocycles. The average Bonchev–Trinajstić information content (AvgIpc) is 2.83. The maximum absolute atomic E-state index is 13.4. The molecule has 0 radical (unpaired) electrons. The second-order valence-corrected chi connectivity index (χ2v) is 11.5. The highest BCUT2D eigenvalue weighted by molar-refractivity contribution is 7.89. The molecule has 178 valence electrons. The van der Waals surface area contributed by atoms with Gasteiger partial charge in [-0.3, -0.25) is 4.79 Å². The summed E-state index contributed by atoms with van der Waals surface area (Å²) in [7, 11) is -3.64. The van der Waals surface area contributed by atoms with Gasteiger partial charge in [-0.05, 0) is 72.8 Å². The fourth-order valence-corrected chi connectivity index (χ4v) is 6.76. The Kier molecular flexibility index (Phi) is 7.74. The van der Waals surface area contributed by atoms with Crippen LogP contribution in [0.15, 0.2) is 49.1 Å². The summed E-state index contributed by atoms with van der Waals surface area (Å²) >= 11 is 6.07. The third-order valence-electron chi connectivity index (χ3n) is 6.87. The van der Waals surface area contributed by atoms with Crippen LogP contribution in [-0.4, -0.2) is 62.8 Å². The number of piperazine rings is 1. The molecule has 1 amide bonds. The number of carbonyl (C=O) groups is 1. The highest BCUT2D eigenvalue weighted by Gasteiger charge is 2.34. The zero-order valence-corrected chi connectivity index (χ0v) is 20.5. The number of halogens is 1. The van der Waals surface area contributed by atoms with Crippen LogP contribution in [-0.2, 0) is 14.8 Å². The molecule has 0 saturated carbocycles. The Morgan fingerprint density at radius 3 is 2.45 bits per heavy atom. The van der Waals surface area contributed by atoms with Crippen LogP contribution in [0.3, 0.4) is 0 Å². The second-order valence-electron chi connectivity index (χ2n) is 8.96. The molecule has 6 nitrogen and oxygen atoms in total. The molecular formula is C25H32ClN3O3S. The van der Waals surface area contributed by atoms with Crippen LogP contribution >= 0.6 is 11.6 Å². The molecule has 2 aromatic rings. The number of nitrogens with zero attached hydrogens (tertiary/aromatic N) is 2. The van der Waals surface area contributed by atoms with Gasteiger partial charge in [-0.2, -0.15) is 4.31 Å². The monoisotopic (exact) mass is 489 g/mol. The smallest absolute Gasteiger partial charge is 0.224 e. The number of hydrogen-bond donors (Lipinski definition) is 1. The Morgan fingerprint density at radius 1 is 1.09 bits per heavy atom. The predicted octanol–water partition coefficient (Wildman–Crippen LogP) is 3.97. The van der Waals surface area contributed by atoms with Crippen molar-refractivity contribution in [2.75, 3.05) is 39.3 Å². The molecule has 8 heteroatoms. The molecule has 0 bridgehead atoms. The number of benzene rings is 2. The molecule has 2 saturated heterocycles. The van der Waals surface area contributed by atoms with Gasteiger partial charge in [0.15, 0.2) is 0 Å². The van der Waals surface area contributed by atoms with Gasteiger partial charge in [0.25, 0.3) is 0 Å². The highest BCUT2D eigenvalue weighted by Crippen LogP contribution is 2.31. The fraction of sp³-hybridized carbons (Fsp3) is 0.480. The van der Waals surface area contributed by atoms with E-state index in [1.165, 1.54) is 10.4 Å². The van der Waals surface area contributed by atoms with Gasteiger partial charge in [-0.1, -0.05) is 35.9 Å². The van der Waals surface area contributed by atoms with E-state index >= 15 is 0 Å². The maximum atomic E-state index is 13.4. The zero-order valence-electron chi connectivity index (χ0n) is 18.9. The molecule has 4 rings (SSSR count). The predicted molar refractivity (Wildman–Crippen MR) is 134 cm³/mol. The molecule has 2 aliphatic rings. The van der Waals surface area contributed by atoms with Crippen LogP contribution < -0.4 is 5.32 Å². The fourth-order valence-electron chi connectivity index (χ4n) is 4.85. The van der Waals surface area contributed by atoms with Crippen molar-refractivity contribution >= 4 is 38.3 Å². The number of amides is 1. The van der Waals surface area contributed by atoms with Gasteiger partial charge in [-0.25, -0.2) is 8.42 Å². The molecule has 33 heavy (non-hydrogen) atoms. The van der Waals surface area contributed by atoms with E-state index in [1.807, 2.05) is 35.2 Å². The topological polar surface area (TPSA) is 69.7 Å². The van der Waals surface area contributed by atoms with E-state index in [0.717, 1.165) is 43.1 Å². The van der Waals surface area contributed by atoms with E-state index in [9.17, 15) is 13.2 Å². The maximum Gasteiger partial charge on any atom is 0.224 e. The molecule has 0 spiro atoms. The van der Waals surface area contributed by atoms with Crippen molar-refractivity contribution in [1.29, 1.82) is 0 Å². The van der Waals surface area contributed by atoms with Crippen molar-refractivity contribution in [2.45, 2.75) is 30.9 Å². The minimum atomic E-state index is -3.64. The molecule has 1 atom stereocenters.